The summed E-state index contributed by atoms with van der Waals surface area (Å²) in [5.74, 6) is 0.953. The van der Waals surface area contributed by atoms with E-state index in [1.165, 1.54) is 0 Å². The molecule has 2 aromatic rings. The molecular weight excluding hydrogens is 419 g/mol. The molecule has 1 aliphatic heterocycles. The van der Waals surface area contributed by atoms with Crippen LogP contribution in [0.1, 0.15) is 37.6 Å². The number of fused-ring (bicyclic) bond motifs is 1. The van der Waals surface area contributed by atoms with Crippen molar-refractivity contribution in [3.05, 3.63) is 41.7 Å². The Kier molecular flexibility index (Phi) is 7.06. The van der Waals surface area contributed by atoms with Crippen molar-refractivity contribution in [2.24, 2.45) is 5.92 Å². The van der Waals surface area contributed by atoms with Gasteiger partial charge in [-0.15, -0.1) is 0 Å². The van der Waals surface area contributed by atoms with Gasteiger partial charge in [0.1, 0.15) is 5.69 Å². The molecule has 30 heavy (non-hydrogen) atoms. The van der Waals surface area contributed by atoms with Gasteiger partial charge in [-0.25, -0.2) is 9.97 Å². The topological polar surface area (TPSA) is 73.3 Å². The minimum Gasteiger partial charge on any atom is -0.490 e. The smallest absolute Gasteiger partial charge is 0.433 e. The molecule has 1 amide bonds. The number of thioether (sulfide) groups is 1. The molecule has 0 radical (unpaired) electrons. The first-order chi connectivity index (χ1) is 14.2. The van der Waals surface area contributed by atoms with Crippen molar-refractivity contribution in [1.29, 1.82) is 0 Å². The zero-order chi connectivity index (χ0) is 21.7. The van der Waals surface area contributed by atoms with Crippen LogP contribution < -0.4 is 14.8 Å². The molecule has 162 valence electrons. The van der Waals surface area contributed by atoms with Crippen molar-refractivity contribution in [3.8, 4) is 11.5 Å². The molecule has 6 nitrogen and oxygen atoms in total. The highest BCUT2D eigenvalue weighted by Gasteiger charge is 2.32. The number of nitrogens with one attached hydrogen (secondary N) is 1. The molecule has 1 N–H and O–H groups in total. The average Bonchev–Trinajstić information content (AvgIpc) is 2.94. The molecule has 0 saturated heterocycles. The first-order valence-corrected chi connectivity index (χ1v) is 10.4. The van der Waals surface area contributed by atoms with E-state index >= 15 is 0 Å². The van der Waals surface area contributed by atoms with Crippen LogP contribution in [0.15, 0.2) is 35.6 Å². The van der Waals surface area contributed by atoms with Crippen LogP contribution in [0.3, 0.4) is 0 Å². The quantitative estimate of drug-likeness (QED) is 0.533. The second kappa shape index (κ2) is 9.55. The Balaban J connectivity index is 1.66. The molecular formula is C20H22F3N3O3S. The van der Waals surface area contributed by atoms with E-state index in [-0.39, 0.29) is 28.8 Å². The van der Waals surface area contributed by atoms with E-state index in [0.717, 1.165) is 36.0 Å². The standard InChI is InChI=1S/C20H22F3N3O3S/c1-12(2)18(13-4-5-14-15(10-13)29-9-3-8-28-14)26-17(27)11-30-19-24-7-6-16(25-19)20(21,22)23/h4-7,10,12,18H,3,8-9,11H2,1-2H3,(H,26,27). The number of benzene rings is 1. The van der Waals surface area contributed by atoms with E-state index in [0.29, 0.717) is 24.7 Å². The third-order valence-corrected chi connectivity index (χ3v) is 5.23. The van der Waals surface area contributed by atoms with E-state index in [2.05, 4.69) is 15.3 Å². The van der Waals surface area contributed by atoms with Crippen LogP contribution in [-0.4, -0.2) is 34.8 Å². The molecule has 0 spiro atoms. The molecule has 0 aliphatic carbocycles. The van der Waals surface area contributed by atoms with Gasteiger partial charge in [0, 0.05) is 12.6 Å². The fourth-order valence-electron chi connectivity index (χ4n) is 2.92. The predicted molar refractivity (Wildman–Crippen MR) is 106 cm³/mol. The number of aromatic nitrogens is 2. The molecule has 1 aromatic heterocycles. The molecule has 1 atom stereocenters. The van der Waals surface area contributed by atoms with Crippen LogP contribution in [0.25, 0.3) is 0 Å². The zero-order valence-electron chi connectivity index (χ0n) is 16.5. The van der Waals surface area contributed by atoms with Crippen LogP contribution in [-0.2, 0) is 11.0 Å². The number of hydrogen-bond acceptors (Lipinski definition) is 6. The van der Waals surface area contributed by atoms with Gasteiger partial charge in [-0.1, -0.05) is 31.7 Å². The van der Waals surface area contributed by atoms with E-state index < -0.39 is 11.9 Å². The first kappa shape index (κ1) is 22.2. The summed E-state index contributed by atoms with van der Waals surface area (Å²) in [5.41, 5.74) is -0.171. The lowest BCUT2D eigenvalue weighted by Crippen LogP contribution is -2.33. The van der Waals surface area contributed by atoms with Crippen molar-refractivity contribution < 1.29 is 27.4 Å². The zero-order valence-corrected chi connectivity index (χ0v) is 17.3. The Hall–Kier alpha value is -2.49. The maximum atomic E-state index is 12.8. The number of amides is 1. The van der Waals surface area contributed by atoms with Crippen LogP contribution in [0.4, 0.5) is 13.2 Å². The Morgan fingerprint density at radius 3 is 2.63 bits per heavy atom. The monoisotopic (exact) mass is 441 g/mol. The molecule has 0 bridgehead atoms. The number of carbonyl (C=O) groups excluding carboxylic acids is 1. The second-order valence-electron chi connectivity index (χ2n) is 7.06. The number of halogens is 3. The Morgan fingerprint density at radius 1 is 1.20 bits per heavy atom. The Bertz CT molecular complexity index is 893. The largest absolute Gasteiger partial charge is 0.490 e. The lowest BCUT2D eigenvalue weighted by molar-refractivity contribution is -0.141. The summed E-state index contributed by atoms with van der Waals surface area (Å²) in [6.07, 6.45) is -2.73. The molecule has 1 unspecified atom stereocenters. The van der Waals surface area contributed by atoms with Gasteiger partial charge in [0.2, 0.25) is 5.91 Å². The minimum absolute atomic E-state index is 0.0773. The van der Waals surface area contributed by atoms with E-state index in [1.54, 1.807) is 0 Å². The summed E-state index contributed by atoms with van der Waals surface area (Å²) in [7, 11) is 0. The highest BCUT2D eigenvalue weighted by atomic mass is 32.2. The minimum atomic E-state index is -4.56. The number of ether oxygens (including phenoxy) is 2. The number of hydrogen-bond donors (Lipinski definition) is 1. The number of nitrogens with zero attached hydrogens (tertiary/aromatic N) is 2. The molecule has 1 aromatic carbocycles. The summed E-state index contributed by atoms with van der Waals surface area (Å²) in [5, 5.41) is 2.84. The fourth-order valence-corrected chi connectivity index (χ4v) is 3.56. The number of carbonyl (C=O) groups is 1. The van der Waals surface area contributed by atoms with E-state index in [1.807, 2.05) is 32.0 Å². The van der Waals surface area contributed by atoms with Gasteiger partial charge < -0.3 is 14.8 Å². The molecule has 2 heterocycles. The van der Waals surface area contributed by atoms with Gasteiger partial charge in [-0.2, -0.15) is 13.2 Å². The maximum absolute atomic E-state index is 12.8. The van der Waals surface area contributed by atoms with Crippen molar-refractivity contribution in [2.75, 3.05) is 19.0 Å². The maximum Gasteiger partial charge on any atom is 0.433 e. The van der Waals surface area contributed by atoms with Crippen molar-refractivity contribution >= 4 is 17.7 Å². The van der Waals surface area contributed by atoms with E-state index in [4.69, 9.17) is 9.47 Å². The van der Waals surface area contributed by atoms with E-state index in [9.17, 15) is 18.0 Å². The molecule has 1 aliphatic rings. The lowest BCUT2D eigenvalue weighted by atomic mass is 9.95. The van der Waals surface area contributed by atoms with Crippen LogP contribution >= 0.6 is 11.8 Å². The van der Waals surface area contributed by atoms with Gasteiger partial charge in [-0.3, -0.25) is 4.79 Å². The fraction of sp³-hybridized carbons (Fsp3) is 0.450. The van der Waals surface area contributed by atoms with Gasteiger partial charge in [0.15, 0.2) is 16.7 Å². The molecule has 3 rings (SSSR count). The third kappa shape index (κ3) is 5.78. The lowest BCUT2D eigenvalue weighted by Gasteiger charge is -2.23. The summed E-state index contributed by atoms with van der Waals surface area (Å²) in [4.78, 5) is 19.7. The summed E-state index contributed by atoms with van der Waals surface area (Å²) in [6.45, 7) is 5.09. The van der Waals surface area contributed by atoms with Gasteiger partial charge in [0.25, 0.3) is 0 Å². The van der Waals surface area contributed by atoms with Crippen molar-refractivity contribution in [2.45, 2.75) is 37.6 Å². The Labute approximate surface area is 176 Å². The van der Waals surface area contributed by atoms with Crippen LogP contribution in [0, 0.1) is 5.92 Å². The van der Waals surface area contributed by atoms with Crippen LogP contribution in [0.2, 0.25) is 0 Å². The highest BCUT2D eigenvalue weighted by Crippen LogP contribution is 2.34. The molecule has 0 fully saturated rings. The summed E-state index contributed by atoms with van der Waals surface area (Å²) < 4.78 is 49.6. The summed E-state index contributed by atoms with van der Waals surface area (Å²) in [6, 6.07) is 6.06. The third-order valence-electron chi connectivity index (χ3n) is 4.37. The molecule has 10 heteroatoms. The SMILES string of the molecule is CC(C)C(NC(=O)CSc1nccc(C(F)(F)F)n1)c1ccc2c(c1)OCCCO2. The average molecular weight is 441 g/mol. The predicted octanol–water partition coefficient (Wildman–Crippen LogP) is 4.26. The Morgan fingerprint density at radius 2 is 1.93 bits per heavy atom. The molecule has 0 saturated carbocycles. The van der Waals surface area contributed by atoms with Gasteiger partial charge in [-0.05, 0) is 29.7 Å². The second-order valence-corrected chi connectivity index (χ2v) is 8.00. The number of alkyl halides is 3. The summed E-state index contributed by atoms with van der Waals surface area (Å²) >= 11 is 0.854. The van der Waals surface area contributed by atoms with Crippen molar-refractivity contribution in [3.63, 3.8) is 0 Å². The van der Waals surface area contributed by atoms with Gasteiger partial charge >= 0.3 is 6.18 Å². The normalized spacial score (nSPS) is 14.9. The number of rotatable bonds is 6. The highest BCUT2D eigenvalue weighted by molar-refractivity contribution is 7.99. The van der Waals surface area contributed by atoms with Gasteiger partial charge in [0.05, 0.1) is 25.0 Å². The van der Waals surface area contributed by atoms with Crippen LogP contribution in [0.5, 0.6) is 11.5 Å². The van der Waals surface area contributed by atoms with Crippen molar-refractivity contribution in [1.82, 2.24) is 15.3 Å². The first-order valence-electron chi connectivity index (χ1n) is 9.46.